The van der Waals surface area contributed by atoms with E-state index in [-0.39, 0.29) is 0 Å². The van der Waals surface area contributed by atoms with E-state index in [1.165, 1.54) is 27.7 Å². The van der Waals surface area contributed by atoms with Crippen molar-refractivity contribution in [1.29, 1.82) is 0 Å². The zero-order valence-electron chi connectivity index (χ0n) is 12.9. The number of nitrogens with zero attached hydrogens (tertiary/aromatic N) is 2. The van der Waals surface area contributed by atoms with Crippen LogP contribution in [0.3, 0.4) is 0 Å². The van der Waals surface area contributed by atoms with Gasteiger partial charge in [-0.1, -0.05) is 30.4 Å². The lowest BCUT2D eigenvalue weighted by Crippen LogP contribution is -2.25. The molecule has 3 rings (SSSR count). The van der Waals surface area contributed by atoms with Gasteiger partial charge in [-0.3, -0.25) is 0 Å². The minimum atomic E-state index is 1.00. The molecule has 0 aliphatic rings. The maximum absolute atomic E-state index is 2.38. The van der Waals surface area contributed by atoms with Gasteiger partial charge in [-0.05, 0) is 25.5 Å². The minimum Gasteiger partial charge on any atom is -0.345 e. The largest absolute Gasteiger partial charge is 0.345 e. The van der Waals surface area contributed by atoms with Crippen LogP contribution in [0.1, 0.15) is 23.7 Å². The van der Waals surface area contributed by atoms with Gasteiger partial charge in [0.2, 0.25) is 0 Å². The lowest BCUT2D eigenvalue weighted by Gasteiger charge is -2.03. The molecule has 0 unspecified atom stereocenters. The number of aromatic nitrogens is 2. The number of hydrogen-bond acceptors (Lipinski definition) is 0. The van der Waals surface area contributed by atoms with Crippen LogP contribution in [-0.2, 0) is 13.6 Å². The molecule has 21 heavy (non-hydrogen) atoms. The fourth-order valence-electron chi connectivity index (χ4n) is 2.88. The summed E-state index contributed by atoms with van der Waals surface area (Å²) in [5.41, 5.74) is 5.19. The highest BCUT2D eigenvalue weighted by atomic mass is 15.0. The molecule has 2 nitrogen and oxygen atoms in total. The van der Waals surface area contributed by atoms with Crippen LogP contribution in [0, 0.1) is 6.92 Å². The van der Waals surface area contributed by atoms with Crippen molar-refractivity contribution >= 4 is 23.1 Å². The van der Waals surface area contributed by atoms with E-state index >= 15 is 0 Å². The Labute approximate surface area is 126 Å². The van der Waals surface area contributed by atoms with Gasteiger partial charge < -0.3 is 4.57 Å². The van der Waals surface area contributed by atoms with Crippen molar-refractivity contribution in [1.82, 2.24) is 4.57 Å². The molecule has 0 bridgehead atoms. The molecule has 0 saturated heterocycles. The summed E-state index contributed by atoms with van der Waals surface area (Å²) in [6.07, 6.45) is 8.57. The first-order chi connectivity index (χ1) is 10.2. The summed E-state index contributed by atoms with van der Waals surface area (Å²) in [6, 6.07) is 12.9. The average molecular weight is 277 g/mol. The zero-order valence-corrected chi connectivity index (χ0v) is 12.9. The Balaban J connectivity index is 2.08. The van der Waals surface area contributed by atoms with Gasteiger partial charge in [0.1, 0.15) is 7.05 Å². The van der Waals surface area contributed by atoms with Crippen molar-refractivity contribution in [3.8, 4) is 0 Å². The van der Waals surface area contributed by atoms with Gasteiger partial charge in [0, 0.05) is 40.8 Å². The van der Waals surface area contributed by atoms with Crippen LogP contribution < -0.4 is 4.57 Å². The third-order valence-corrected chi connectivity index (χ3v) is 4.04. The fraction of sp³-hybridized carbons (Fsp3) is 0.211. The van der Waals surface area contributed by atoms with Crippen molar-refractivity contribution in [2.45, 2.75) is 20.4 Å². The molecule has 0 atom stereocenters. The van der Waals surface area contributed by atoms with E-state index < -0.39 is 0 Å². The van der Waals surface area contributed by atoms with Crippen molar-refractivity contribution in [3.05, 3.63) is 65.6 Å². The fourth-order valence-corrected chi connectivity index (χ4v) is 2.88. The predicted molar refractivity (Wildman–Crippen MR) is 88.9 cm³/mol. The Morgan fingerprint density at radius 1 is 1.05 bits per heavy atom. The molecule has 0 fully saturated rings. The van der Waals surface area contributed by atoms with Gasteiger partial charge in [0.15, 0.2) is 12.4 Å². The predicted octanol–water partition coefficient (Wildman–Crippen LogP) is 3.96. The van der Waals surface area contributed by atoms with Gasteiger partial charge >= 0.3 is 0 Å². The van der Waals surface area contributed by atoms with Crippen LogP contribution in [0.2, 0.25) is 0 Å². The number of para-hydroxylation sites is 1. The molecule has 1 aromatic carbocycles. The van der Waals surface area contributed by atoms with E-state index in [2.05, 4.69) is 79.4 Å². The first-order valence-electron chi connectivity index (χ1n) is 7.42. The number of fused-ring (bicyclic) bond motifs is 1. The number of aryl methyl sites for hydroxylation is 2. The zero-order chi connectivity index (χ0) is 14.8. The van der Waals surface area contributed by atoms with Gasteiger partial charge in [0.25, 0.3) is 0 Å². The molecular formula is C19H21N2+. The van der Waals surface area contributed by atoms with E-state index in [4.69, 9.17) is 0 Å². The highest BCUT2D eigenvalue weighted by Gasteiger charge is 2.09. The molecular weight excluding hydrogens is 256 g/mol. The van der Waals surface area contributed by atoms with Crippen LogP contribution >= 0.6 is 0 Å². The first kappa shape index (κ1) is 13.6. The molecule has 0 N–H and O–H groups in total. The van der Waals surface area contributed by atoms with Gasteiger partial charge in [-0.25, -0.2) is 4.57 Å². The molecule has 0 saturated carbocycles. The second kappa shape index (κ2) is 5.57. The summed E-state index contributed by atoms with van der Waals surface area (Å²) < 4.78 is 4.42. The quantitative estimate of drug-likeness (QED) is 0.641. The maximum Gasteiger partial charge on any atom is 0.169 e. The Hall–Kier alpha value is -2.35. The summed E-state index contributed by atoms with van der Waals surface area (Å²) in [5, 5.41) is 1.33. The number of rotatable bonds is 3. The Morgan fingerprint density at radius 3 is 2.48 bits per heavy atom. The molecule has 3 aromatic rings. The van der Waals surface area contributed by atoms with E-state index in [9.17, 15) is 0 Å². The third kappa shape index (κ3) is 2.49. The van der Waals surface area contributed by atoms with Crippen LogP contribution in [-0.4, -0.2) is 4.57 Å². The average Bonchev–Trinajstić information content (AvgIpc) is 2.78. The van der Waals surface area contributed by atoms with Crippen LogP contribution in [0.15, 0.2) is 48.8 Å². The van der Waals surface area contributed by atoms with E-state index in [0.717, 1.165) is 6.54 Å². The van der Waals surface area contributed by atoms with Crippen LogP contribution in [0.25, 0.3) is 23.1 Å². The summed E-state index contributed by atoms with van der Waals surface area (Å²) in [5.74, 6) is 0. The lowest BCUT2D eigenvalue weighted by molar-refractivity contribution is -0.671. The molecule has 2 aromatic heterocycles. The second-order valence-electron chi connectivity index (χ2n) is 5.39. The highest BCUT2D eigenvalue weighted by molar-refractivity contribution is 5.93. The first-order valence-corrected chi connectivity index (χ1v) is 7.42. The van der Waals surface area contributed by atoms with Crippen LogP contribution in [0.4, 0.5) is 0 Å². The molecule has 0 spiro atoms. The standard InChI is InChI=1S/C19H21N2/c1-4-21-15(2)17(18-7-5-6-8-19(18)21)10-9-16-11-13-20(3)14-12-16/h5-14H,4H2,1-3H3/q+1. The summed E-state index contributed by atoms with van der Waals surface area (Å²) >= 11 is 0. The van der Waals surface area contributed by atoms with Crippen molar-refractivity contribution in [2.75, 3.05) is 0 Å². The molecule has 106 valence electrons. The van der Waals surface area contributed by atoms with Crippen molar-refractivity contribution < 1.29 is 4.57 Å². The van der Waals surface area contributed by atoms with Gasteiger partial charge in [-0.15, -0.1) is 0 Å². The number of pyridine rings is 1. The molecule has 0 radical (unpaired) electrons. The molecule has 2 heteroatoms. The molecule has 0 aliphatic heterocycles. The maximum atomic E-state index is 2.38. The molecule has 0 amide bonds. The van der Waals surface area contributed by atoms with Gasteiger partial charge in [-0.2, -0.15) is 0 Å². The monoisotopic (exact) mass is 277 g/mol. The minimum absolute atomic E-state index is 1.00. The molecule has 0 aliphatic carbocycles. The number of benzene rings is 1. The van der Waals surface area contributed by atoms with Crippen LogP contribution in [0.5, 0.6) is 0 Å². The van der Waals surface area contributed by atoms with E-state index in [0.29, 0.717) is 0 Å². The summed E-state index contributed by atoms with van der Waals surface area (Å²) in [6.45, 7) is 5.40. The van der Waals surface area contributed by atoms with E-state index in [1.807, 2.05) is 11.6 Å². The number of hydrogen-bond donors (Lipinski definition) is 0. The Kier molecular flexibility index (Phi) is 3.61. The van der Waals surface area contributed by atoms with E-state index in [1.54, 1.807) is 0 Å². The molecule has 2 heterocycles. The van der Waals surface area contributed by atoms with Crippen molar-refractivity contribution in [3.63, 3.8) is 0 Å². The normalized spacial score (nSPS) is 11.6. The smallest absolute Gasteiger partial charge is 0.169 e. The Morgan fingerprint density at radius 2 is 1.76 bits per heavy atom. The van der Waals surface area contributed by atoms with Gasteiger partial charge in [0.05, 0.1) is 0 Å². The summed E-state index contributed by atoms with van der Waals surface area (Å²) in [7, 11) is 2.03. The topological polar surface area (TPSA) is 8.81 Å². The SMILES string of the molecule is CCn1c(C)c(C=Cc2cc[n+](C)cc2)c2ccccc21. The second-order valence-corrected chi connectivity index (χ2v) is 5.39. The third-order valence-electron chi connectivity index (χ3n) is 4.04. The Bertz CT molecular complexity index is 792. The lowest BCUT2D eigenvalue weighted by atomic mass is 10.1. The highest BCUT2D eigenvalue weighted by Crippen LogP contribution is 2.27. The van der Waals surface area contributed by atoms with Crippen molar-refractivity contribution in [2.24, 2.45) is 7.05 Å². The summed E-state index contributed by atoms with van der Waals surface area (Å²) in [4.78, 5) is 0.